The molecule has 124 valence electrons. The van der Waals surface area contributed by atoms with Crippen molar-refractivity contribution in [3.63, 3.8) is 0 Å². The quantitative estimate of drug-likeness (QED) is 0.823. The summed E-state index contributed by atoms with van der Waals surface area (Å²) in [6.07, 6.45) is 2.19. The molecule has 1 saturated heterocycles. The zero-order valence-corrected chi connectivity index (χ0v) is 13.3. The third-order valence-electron chi connectivity index (χ3n) is 3.62. The molecule has 1 heterocycles. The van der Waals surface area contributed by atoms with Gasteiger partial charge in [-0.2, -0.15) is 0 Å². The number of carbonyl (C=O) groups excluding carboxylic acids is 3. The Morgan fingerprint density at radius 2 is 1.52 bits per heavy atom. The lowest BCUT2D eigenvalue weighted by atomic mass is 10.1. The second kappa shape index (κ2) is 7.73. The van der Waals surface area contributed by atoms with E-state index in [2.05, 4.69) is 19.7 Å². The van der Waals surface area contributed by atoms with Crippen molar-refractivity contribution in [1.82, 2.24) is 4.90 Å². The van der Waals surface area contributed by atoms with E-state index in [4.69, 9.17) is 0 Å². The molecule has 0 atom stereocenters. The van der Waals surface area contributed by atoms with Gasteiger partial charge in [0, 0.05) is 5.69 Å². The lowest BCUT2D eigenvalue weighted by Crippen LogP contribution is -2.31. The first-order valence-corrected chi connectivity index (χ1v) is 7.37. The lowest BCUT2D eigenvalue weighted by molar-refractivity contribution is -0.117. The van der Waals surface area contributed by atoms with E-state index in [0.29, 0.717) is 5.69 Å². The third-order valence-corrected chi connectivity index (χ3v) is 3.62. The molecular weight excluding hydrogens is 300 g/mol. The zero-order valence-electron chi connectivity index (χ0n) is 13.3. The summed E-state index contributed by atoms with van der Waals surface area (Å²) in [7, 11) is 2.50. The van der Waals surface area contributed by atoms with Gasteiger partial charge in [-0.15, -0.1) is 0 Å². The van der Waals surface area contributed by atoms with Crippen molar-refractivity contribution in [2.75, 3.05) is 39.2 Å². The molecule has 1 fully saturated rings. The van der Waals surface area contributed by atoms with E-state index < -0.39 is 11.9 Å². The van der Waals surface area contributed by atoms with Gasteiger partial charge in [-0.25, -0.2) is 9.59 Å². The van der Waals surface area contributed by atoms with Crippen molar-refractivity contribution in [1.29, 1.82) is 0 Å². The maximum absolute atomic E-state index is 12.1. The largest absolute Gasteiger partial charge is 0.465 e. The monoisotopic (exact) mass is 320 g/mol. The minimum atomic E-state index is -0.592. The number of likely N-dealkylation sites (tertiary alicyclic amines) is 1. The van der Waals surface area contributed by atoms with Crippen LogP contribution in [0.4, 0.5) is 5.69 Å². The number of amides is 1. The molecule has 0 aromatic heterocycles. The number of methoxy groups -OCH3 is 2. The molecule has 0 spiro atoms. The Balaban J connectivity index is 2.16. The molecule has 0 unspecified atom stereocenters. The fourth-order valence-corrected chi connectivity index (χ4v) is 2.52. The van der Waals surface area contributed by atoms with Gasteiger partial charge < -0.3 is 14.8 Å². The minimum absolute atomic E-state index is 0.173. The molecule has 1 aliphatic heterocycles. The zero-order chi connectivity index (χ0) is 16.8. The van der Waals surface area contributed by atoms with Crippen LogP contribution in [-0.4, -0.2) is 56.6 Å². The van der Waals surface area contributed by atoms with Crippen molar-refractivity contribution in [2.45, 2.75) is 12.8 Å². The summed E-state index contributed by atoms with van der Waals surface area (Å²) in [5, 5.41) is 2.71. The van der Waals surface area contributed by atoms with Gasteiger partial charge in [-0.1, -0.05) is 0 Å². The van der Waals surface area contributed by atoms with E-state index in [1.807, 2.05) is 0 Å². The van der Waals surface area contributed by atoms with Crippen LogP contribution in [0.15, 0.2) is 18.2 Å². The van der Waals surface area contributed by atoms with Crippen LogP contribution < -0.4 is 5.32 Å². The average molecular weight is 320 g/mol. The topological polar surface area (TPSA) is 84.9 Å². The highest BCUT2D eigenvalue weighted by Gasteiger charge is 2.17. The number of hydrogen-bond acceptors (Lipinski definition) is 6. The van der Waals surface area contributed by atoms with E-state index in [-0.39, 0.29) is 23.6 Å². The highest BCUT2D eigenvalue weighted by molar-refractivity contribution is 5.99. The number of nitrogens with zero attached hydrogens (tertiary/aromatic N) is 1. The van der Waals surface area contributed by atoms with Crippen LogP contribution in [0.2, 0.25) is 0 Å². The van der Waals surface area contributed by atoms with Crippen molar-refractivity contribution in [2.24, 2.45) is 0 Å². The summed E-state index contributed by atoms with van der Waals surface area (Å²) in [5.74, 6) is -1.37. The molecule has 7 nitrogen and oxygen atoms in total. The lowest BCUT2D eigenvalue weighted by Gasteiger charge is -2.15. The highest BCUT2D eigenvalue weighted by atomic mass is 16.5. The van der Waals surface area contributed by atoms with Crippen LogP contribution in [0, 0.1) is 0 Å². The van der Waals surface area contributed by atoms with Crippen LogP contribution in [0.5, 0.6) is 0 Å². The molecule has 23 heavy (non-hydrogen) atoms. The third kappa shape index (κ3) is 4.53. The fraction of sp³-hybridized carbons (Fsp3) is 0.438. The predicted octanol–water partition coefficient (Wildman–Crippen LogP) is 1.29. The maximum Gasteiger partial charge on any atom is 0.337 e. The second-order valence-electron chi connectivity index (χ2n) is 5.31. The number of esters is 2. The van der Waals surface area contributed by atoms with Crippen molar-refractivity contribution >= 4 is 23.5 Å². The normalized spacial score (nSPS) is 14.3. The number of carbonyl (C=O) groups is 3. The fourth-order valence-electron chi connectivity index (χ4n) is 2.52. The molecule has 1 N–H and O–H groups in total. The molecule has 2 rings (SSSR count). The molecule has 1 aromatic rings. The van der Waals surface area contributed by atoms with E-state index >= 15 is 0 Å². The van der Waals surface area contributed by atoms with E-state index in [1.54, 1.807) is 0 Å². The summed E-state index contributed by atoms with van der Waals surface area (Å²) >= 11 is 0. The SMILES string of the molecule is COC(=O)c1cc(NC(=O)CN2CCCC2)cc(C(=O)OC)c1. The average Bonchev–Trinajstić information content (AvgIpc) is 3.05. The number of ether oxygens (including phenoxy) is 2. The first kappa shape index (κ1) is 17.0. The van der Waals surface area contributed by atoms with Crippen LogP contribution in [0.3, 0.4) is 0 Å². The van der Waals surface area contributed by atoms with Crippen molar-refractivity contribution in [3.05, 3.63) is 29.3 Å². The number of anilines is 1. The first-order chi connectivity index (χ1) is 11.0. The van der Waals surface area contributed by atoms with Gasteiger partial charge in [0.1, 0.15) is 0 Å². The molecule has 0 aliphatic carbocycles. The van der Waals surface area contributed by atoms with Gasteiger partial charge in [-0.05, 0) is 44.1 Å². The minimum Gasteiger partial charge on any atom is -0.465 e. The van der Waals surface area contributed by atoms with Gasteiger partial charge in [-0.3, -0.25) is 9.69 Å². The summed E-state index contributed by atoms with van der Waals surface area (Å²) in [6.45, 7) is 2.10. The van der Waals surface area contributed by atoms with Gasteiger partial charge in [0.05, 0.1) is 31.9 Å². The van der Waals surface area contributed by atoms with Crippen LogP contribution in [0.1, 0.15) is 33.6 Å². The van der Waals surface area contributed by atoms with E-state index in [9.17, 15) is 14.4 Å². The summed E-state index contributed by atoms with van der Waals surface area (Å²) in [5.41, 5.74) is 0.705. The molecule has 0 bridgehead atoms. The Morgan fingerprint density at radius 3 is 2.00 bits per heavy atom. The molecule has 1 aromatic carbocycles. The summed E-state index contributed by atoms with van der Waals surface area (Å²) in [4.78, 5) is 37.5. The summed E-state index contributed by atoms with van der Waals surface area (Å²) < 4.78 is 9.32. The predicted molar refractivity (Wildman–Crippen MR) is 83.4 cm³/mol. The van der Waals surface area contributed by atoms with E-state index in [1.165, 1.54) is 32.4 Å². The second-order valence-corrected chi connectivity index (χ2v) is 5.31. The van der Waals surface area contributed by atoms with E-state index in [0.717, 1.165) is 25.9 Å². The summed E-state index contributed by atoms with van der Waals surface area (Å²) in [6, 6.07) is 4.31. The van der Waals surface area contributed by atoms with Gasteiger partial charge >= 0.3 is 11.9 Å². The number of hydrogen-bond donors (Lipinski definition) is 1. The van der Waals surface area contributed by atoms with Crippen LogP contribution in [0.25, 0.3) is 0 Å². The standard InChI is InChI=1S/C16H20N2O5/c1-22-15(20)11-7-12(16(21)23-2)9-13(8-11)17-14(19)10-18-5-3-4-6-18/h7-9H,3-6,10H2,1-2H3,(H,17,19). The molecular formula is C16H20N2O5. The maximum atomic E-state index is 12.1. The van der Waals surface area contributed by atoms with Crippen molar-refractivity contribution < 1.29 is 23.9 Å². The molecule has 0 radical (unpaired) electrons. The van der Waals surface area contributed by atoms with Gasteiger partial charge in [0.2, 0.25) is 5.91 Å². The van der Waals surface area contributed by atoms with Gasteiger partial charge in [0.25, 0.3) is 0 Å². The Morgan fingerprint density at radius 1 is 1.00 bits per heavy atom. The Hall–Kier alpha value is -2.41. The van der Waals surface area contributed by atoms with Crippen LogP contribution in [-0.2, 0) is 14.3 Å². The molecule has 1 aliphatic rings. The Bertz CT molecular complexity index is 574. The highest BCUT2D eigenvalue weighted by Crippen LogP contribution is 2.17. The molecule has 1 amide bonds. The van der Waals surface area contributed by atoms with Gasteiger partial charge in [0.15, 0.2) is 0 Å². The smallest absolute Gasteiger partial charge is 0.337 e. The number of rotatable bonds is 5. The molecule has 7 heteroatoms. The number of nitrogens with one attached hydrogen (secondary N) is 1. The van der Waals surface area contributed by atoms with Crippen molar-refractivity contribution in [3.8, 4) is 0 Å². The number of benzene rings is 1. The van der Waals surface area contributed by atoms with Crippen LogP contribution >= 0.6 is 0 Å². The molecule has 0 saturated carbocycles. The Kier molecular flexibility index (Phi) is 5.70. The Labute approximate surface area is 134 Å². The first-order valence-electron chi connectivity index (χ1n) is 7.37.